The van der Waals surface area contributed by atoms with Crippen LogP contribution in [0.15, 0.2) is 56.6 Å². The van der Waals surface area contributed by atoms with Crippen molar-refractivity contribution in [3.63, 3.8) is 0 Å². The van der Waals surface area contributed by atoms with Crippen LogP contribution in [0.3, 0.4) is 0 Å². The monoisotopic (exact) mass is 334 g/mol. The molecule has 1 heterocycles. The van der Waals surface area contributed by atoms with Gasteiger partial charge in [0.15, 0.2) is 5.58 Å². The smallest absolute Gasteiger partial charge is 0.257 e. The molecule has 0 aliphatic rings. The molecule has 0 aliphatic carbocycles. The lowest BCUT2D eigenvalue weighted by Crippen LogP contribution is -1.88. The van der Waals surface area contributed by atoms with E-state index in [-0.39, 0.29) is 0 Å². The van der Waals surface area contributed by atoms with Crippen molar-refractivity contribution in [3.05, 3.63) is 52.5 Å². The van der Waals surface area contributed by atoms with E-state index in [4.69, 9.17) is 10.2 Å². The zero-order chi connectivity index (χ0) is 13.2. The van der Waals surface area contributed by atoms with Crippen molar-refractivity contribution >= 4 is 44.5 Å². The molecule has 3 nitrogen and oxygen atoms in total. The molecule has 0 saturated heterocycles. The fraction of sp³-hybridized carbons (Fsp3) is 0.0714. The first kappa shape index (κ1) is 12.6. The van der Waals surface area contributed by atoms with E-state index >= 15 is 0 Å². The molecule has 0 saturated carbocycles. The van der Waals surface area contributed by atoms with Crippen LogP contribution in [0.1, 0.15) is 5.56 Å². The molecular weight excluding hydrogens is 324 g/mol. The zero-order valence-electron chi connectivity index (χ0n) is 9.97. The van der Waals surface area contributed by atoms with Crippen LogP contribution >= 0.6 is 27.7 Å². The Balaban J connectivity index is 1.78. The minimum absolute atomic E-state index is 0.685. The minimum atomic E-state index is 0.685. The van der Waals surface area contributed by atoms with Crippen molar-refractivity contribution in [2.75, 3.05) is 5.73 Å². The summed E-state index contributed by atoms with van der Waals surface area (Å²) in [6, 6.07) is 13.6. The molecule has 3 rings (SSSR count). The second-order valence-corrected chi connectivity index (χ2v) is 5.87. The number of oxazole rings is 1. The van der Waals surface area contributed by atoms with Gasteiger partial charge in [-0.05, 0) is 29.8 Å². The van der Waals surface area contributed by atoms with Gasteiger partial charge in [0.25, 0.3) is 5.22 Å². The van der Waals surface area contributed by atoms with E-state index in [0.717, 1.165) is 27.0 Å². The predicted octanol–water partition coefficient (Wildman–Crippen LogP) is 4.46. The van der Waals surface area contributed by atoms with Gasteiger partial charge in [-0.3, -0.25) is 0 Å². The van der Waals surface area contributed by atoms with Crippen LogP contribution in [0.2, 0.25) is 0 Å². The van der Waals surface area contributed by atoms with Crippen LogP contribution in [-0.4, -0.2) is 4.98 Å². The maximum absolute atomic E-state index is 5.72. The number of fused-ring (bicyclic) bond motifs is 1. The van der Waals surface area contributed by atoms with Crippen LogP contribution in [-0.2, 0) is 5.75 Å². The normalized spacial score (nSPS) is 11.0. The van der Waals surface area contributed by atoms with Gasteiger partial charge in [-0.25, -0.2) is 4.98 Å². The molecule has 0 unspecified atom stereocenters. The Morgan fingerprint density at radius 1 is 1.21 bits per heavy atom. The van der Waals surface area contributed by atoms with Crippen molar-refractivity contribution in [3.8, 4) is 0 Å². The number of nitrogens with two attached hydrogens (primary N) is 1. The first-order valence-electron chi connectivity index (χ1n) is 5.74. The molecule has 0 amide bonds. The molecule has 0 fully saturated rings. The van der Waals surface area contributed by atoms with E-state index in [1.165, 1.54) is 5.56 Å². The SMILES string of the molecule is Nc1ccc(CSc2nc3ccccc3o2)c(Br)c1. The van der Waals surface area contributed by atoms with E-state index in [1.807, 2.05) is 42.5 Å². The third-order valence-corrected chi connectivity index (χ3v) is 4.32. The van der Waals surface area contributed by atoms with Crippen LogP contribution < -0.4 is 5.73 Å². The number of thioether (sulfide) groups is 1. The molecule has 19 heavy (non-hydrogen) atoms. The van der Waals surface area contributed by atoms with Crippen molar-refractivity contribution in [1.82, 2.24) is 4.98 Å². The Hall–Kier alpha value is -1.46. The largest absolute Gasteiger partial charge is 0.431 e. The van der Waals surface area contributed by atoms with Crippen molar-refractivity contribution in [2.45, 2.75) is 11.0 Å². The number of nitrogen functional groups attached to an aromatic ring is 1. The maximum Gasteiger partial charge on any atom is 0.257 e. The first-order valence-corrected chi connectivity index (χ1v) is 7.52. The highest BCUT2D eigenvalue weighted by Gasteiger charge is 2.07. The summed E-state index contributed by atoms with van der Waals surface area (Å²) in [5, 5.41) is 0.685. The predicted molar refractivity (Wildman–Crippen MR) is 82.1 cm³/mol. The second kappa shape index (κ2) is 5.27. The van der Waals surface area contributed by atoms with E-state index in [1.54, 1.807) is 11.8 Å². The van der Waals surface area contributed by atoms with Crippen LogP contribution in [0.5, 0.6) is 0 Å². The number of hydrogen-bond donors (Lipinski definition) is 1. The number of nitrogens with zero attached hydrogens (tertiary/aromatic N) is 1. The number of hydrogen-bond acceptors (Lipinski definition) is 4. The third kappa shape index (κ3) is 2.77. The summed E-state index contributed by atoms with van der Waals surface area (Å²) in [4.78, 5) is 4.43. The standard InChI is InChI=1S/C14H11BrN2OS/c15-11-7-10(16)6-5-9(11)8-19-14-17-12-3-1-2-4-13(12)18-14/h1-7H,8,16H2. The Labute approximate surface area is 123 Å². The van der Waals surface area contributed by atoms with Crippen molar-refractivity contribution < 1.29 is 4.42 Å². The highest BCUT2D eigenvalue weighted by Crippen LogP contribution is 2.29. The summed E-state index contributed by atoms with van der Waals surface area (Å²) in [5.41, 5.74) is 9.35. The molecule has 1 aromatic heterocycles. The Morgan fingerprint density at radius 2 is 2.05 bits per heavy atom. The lowest BCUT2D eigenvalue weighted by atomic mass is 10.2. The quantitative estimate of drug-likeness (QED) is 0.567. The average molecular weight is 335 g/mol. The fourth-order valence-electron chi connectivity index (χ4n) is 1.73. The highest BCUT2D eigenvalue weighted by molar-refractivity contribution is 9.10. The number of anilines is 1. The molecule has 0 aliphatic heterocycles. The molecule has 2 aromatic carbocycles. The lowest BCUT2D eigenvalue weighted by Gasteiger charge is -2.03. The van der Waals surface area contributed by atoms with Gasteiger partial charge in [0.05, 0.1) is 0 Å². The molecule has 0 radical (unpaired) electrons. The van der Waals surface area contributed by atoms with Crippen LogP contribution in [0.4, 0.5) is 5.69 Å². The Morgan fingerprint density at radius 3 is 2.84 bits per heavy atom. The number of aromatic nitrogens is 1. The highest BCUT2D eigenvalue weighted by atomic mass is 79.9. The van der Waals surface area contributed by atoms with Gasteiger partial charge in [-0.15, -0.1) is 0 Å². The summed E-state index contributed by atoms with van der Waals surface area (Å²) in [5.74, 6) is 0.785. The topological polar surface area (TPSA) is 52.0 Å². The molecular formula is C14H11BrN2OS. The molecule has 0 bridgehead atoms. The van der Waals surface area contributed by atoms with Crippen LogP contribution in [0.25, 0.3) is 11.1 Å². The Kier molecular flexibility index (Phi) is 3.48. The number of benzene rings is 2. The lowest BCUT2D eigenvalue weighted by molar-refractivity contribution is 0.489. The fourth-order valence-corrected chi connectivity index (χ4v) is 3.30. The first-order chi connectivity index (χ1) is 9.22. The molecule has 5 heteroatoms. The third-order valence-electron chi connectivity index (χ3n) is 2.70. The summed E-state index contributed by atoms with van der Waals surface area (Å²) >= 11 is 5.08. The molecule has 0 spiro atoms. The summed E-state index contributed by atoms with van der Waals surface area (Å²) < 4.78 is 6.68. The van der Waals surface area contributed by atoms with E-state index in [9.17, 15) is 0 Å². The summed E-state index contributed by atoms with van der Waals surface area (Å²) in [7, 11) is 0. The summed E-state index contributed by atoms with van der Waals surface area (Å²) in [6.45, 7) is 0. The van der Waals surface area contributed by atoms with Gasteiger partial charge in [-0.1, -0.05) is 45.9 Å². The van der Waals surface area contributed by atoms with E-state index in [0.29, 0.717) is 5.22 Å². The van der Waals surface area contributed by atoms with Gasteiger partial charge < -0.3 is 10.2 Å². The molecule has 0 atom stereocenters. The van der Waals surface area contributed by atoms with E-state index in [2.05, 4.69) is 20.9 Å². The van der Waals surface area contributed by atoms with Crippen LogP contribution in [0, 0.1) is 0 Å². The van der Waals surface area contributed by atoms with Gasteiger partial charge in [0.1, 0.15) is 5.52 Å². The Bertz CT molecular complexity index is 693. The average Bonchev–Trinajstić information content (AvgIpc) is 2.80. The number of rotatable bonds is 3. The zero-order valence-corrected chi connectivity index (χ0v) is 12.4. The molecule has 96 valence electrons. The second-order valence-electron chi connectivity index (χ2n) is 4.09. The summed E-state index contributed by atoms with van der Waals surface area (Å²) in [6.07, 6.45) is 0. The van der Waals surface area contributed by atoms with Crippen molar-refractivity contribution in [1.29, 1.82) is 0 Å². The molecule has 3 aromatic rings. The maximum atomic E-state index is 5.72. The number of para-hydroxylation sites is 2. The minimum Gasteiger partial charge on any atom is -0.431 e. The molecule has 2 N–H and O–H groups in total. The number of halogens is 1. The van der Waals surface area contributed by atoms with Gasteiger partial charge in [0, 0.05) is 15.9 Å². The van der Waals surface area contributed by atoms with Gasteiger partial charge in [0.2, 0.25) is 0 Å². The van der Waals surface area contributed by atoms with Gasteiger partial charge >= 0.3 is 0 Å². The van der Waals surface area contributed by atoms with Gasteiger partial charge in [-0.2, -0.15) is 0 Å². The van der Waals surface area contributed by atoms with Crippen molar-refractivity contribution in [2.24, 2.45) is 0 Å². The van der Waals surface area contributed by atoms with E-state index < -0.39 is 0 Å².